The Labute approximate surface area is 96.7 Å². The SMILES string of the molecule is N#Cc1cscc1Nc1ccccc1Cl. The van der Waals surface area contributed by atoms with Gasteiger partial charge < -0.3 is 5.32 Å². The molecule has 1 heterocycles. The highest BCUT2D eigenvalue weighted by atomic mass is 35.5. The molecular formula is C11H7ClN2S. The average molecular weight is 235 g/mol. The fourth-order valence-corrected chi connectivity index (χ4v) is 2.08. The van der Waals surface area contributed by atoms with Crippen molar-refractivity contribution in [1.29, 1.82) is 5.26 Å². The minimum atomic E-state index is 0.639. The summed E-state index contributed by atoms with van der Waals surface area (Å²) in [6, 6.07) is 9.57. The Kier molecular flexibility index (Phi) is 2.91. The lowest BCUT2D eigenvalue weighted by atomic mass is 10.2. The maximum atomic E-state index is 8.84. The molecule has 0 radical (unpaired) electrons. The molecule has 0 aliphatic heterocycles. The first-order valence-electron chi connectivity index (χ1n) is 4.29. The van der Waals surface area contributed by atoms with Crippen molar-refractivity contribution in [3.05, 3.63) is 45.6 Å². The Bertz CT molecular complexity index is 513. The first-order valence-corrected chi connectivity index (χ1v) is 5.61. The lowest BCUT2D eigenvalue weighted by Crippen LogP contribution is -1.90. The number of nitriles is 1. The third-order valence-corrected chi connectivity index (χ3v) is 3.00. The van der Waals surface area contributed by atoms with E-state index in [4.69, 9.17) is 16.9 Å². The van der Waals surface area contributed by atoms with Gasteiger partial charge in [-0.1, -0.05) is 23.7 Å². The van der Waals surface area contributed by atoms with E-state index >= 15 is 0 Å². The summed E-state index contributed by atoms with van der Waals surface area (Å²) < 4.78 is 0. The quantitative estimate of drug-likeness (QED) is 0.852. The van der Waals surface area contributed by atoms with Gasteiger partial charge >= 0.3 is 0 Å². The maximum Gasteiger partial charge on any atom is 0.102 e. The van der Waals surface area contributed by atoms with Crippen molar-refractivity contribution in [3.63, 3.8) is 0 Å². The van der Waals surface area contributed by atoms with Crippen LogP contribution >= 0.6 is 22.9 Å². The predicted octanol–water partition coefficient (Wildman–Crippen LogP) is 4.02. The topological polar surface area (TPSA) is 35.8 Å². The van der Waals surface area contributed by atoms with E-state index in [1.165, 1.54) is 11.3 Å². The zero-order chi connectivity index (χ0) is 10.7. The van der Waals surface area contributed by atoms with Crippen LogP contribution in [0.3, 0.4) is 0 Å². The molecule has 0 atom stereocenters. The lowest BCUT2D eigenvalue weighted by molar-refractivity contribution is 1.49. The van der Waals surface area contributed by atoms with Crippen LogP contribution in [0.15, 0.2) is 35.0 Å². The summed E-state index contributed by atoms with van der Waals surface area (Å²) in [5, 5.41) is 16.3. The molecule has 74 valence electrons. The van der Waals surface area contributed by atoms with Crippen LogP contribution in [-0.2, 0) is 0 Å². The van der Waals surface area contributed by atoms with Crippen molar-refractivity contribution in [2.75, 3.05) is 5.32 Å². The van der Waals surface area contributed by atoms with Crippen LogP contribution in [0.25, 0.3) is 0 Å². The molecule has 0 fully saturated rings. The second-order valence-electron chi connectivity index (χ2n) is 2.92. The summed E-state index contributed by atoms with van der Waals surface area (Å²) >= 11 is 7.48. The number of para-hydroxylation sites is 1. The van der Waals surface area contributed by atoms with Crippen LogP contribution in [0.1, 0.15) is 5.56 Å². The number of nitrogens with zero attached hydrogens (tertiary/aromatic N) is 1. The van der Waals surface area contributed by atoms with Gasteiger partial charge in [0.1, 0.15) is 6.07 Å². The molecule has 0 aliphatic carbocycles. The molecule has 2 aromatic rings. The summed E-state index contributed by atoms with van der Waals surface area (Å²) in [6.07, 6.45) is 0. The van der Waals surface area contributed by atoms with Crippen LogP contribution in [-0.4, -0.2) is 0 Å². The summed E-state index contributed by atoms with van der Waals surface area (Å²) in [5.41, 5.74) is 2.25. The second kappa shape index (κ2) is 4.35. The van der Waals surface area contributed by atoms with Crippen LogP contribution in [0.5, 0.6) is 0 Å². The first kappa shape index (κ1) is 10.0. The van der Waals surface area contributed by atoms with E-state index in [1.54, 1.807) is 5.38 Å². The fraction of sp³-hybridized carbons (Fsp3) is 0. The van der Waals surface area contributed by atoms with Crippen molar-refractivity contribution in [2.45, 2.75) is 0 Å². The van der Waals surface area contributed by atoms with Crippen molar-refractivity contribution in [1.82, 2.24) is 0 Å². The standard InChI is InChI=1S/C11H7ClN2S/c12-9-3-1-2-4-10(9)14-11-7-15-6-8(11)5-13/h1-4,6-7,14H. The van der Waals surface area contributed by atoms with Gasteiger partial charge in [0.05, 0.1) is 22.0 Å². The van der Waals surface area contributed by atoms with E-state index in [0.717, 1.165) is 11.4 Å². The smallest absolute Gasteiger partial charge is 0.102 e. The van der Waals surface area contributed by atoms with Gasteiger partial charge in [-0.05, 0) is 12.1 Å². The highest BCUT2D eigenvalue weighted by molar-refractivity contribution is 7.08. The molecule has 2 nitrogen and oxygen atoms in total. The molecule has 2 rings (SSSR count). The molecule has 1 N–H and O–H groups in total. The number of hydrogen-bond acceptors (Lipinski definition) is 3. The molecule has 1 aromatic heterocycles. The number of rotatable bonds is 2. The molecule has 0 saturated carbocycles. The largest absolute Gasteiger partial charge is 0.353 e. The average Bonchev–Trinajstić information content (AvgIpc) is 2.69. The highest BCUT2D eigenvalue weighted by Gasteiger charge is 2.04. The van der Waals surface area contributed by atoms with E-state index in [0.29, 0.717) is 10.6 Å². The second-order valence-corrected chi connectivity index (χ2v) is 4.07. The number of halogens is 1. The lowest BCUT2D eigenvalue weighted by Gasteiger charge is -2.06. The van der Waals surface area contributed by atoms with Gasteiger partial charge in [0.2, 0.25) is 0 Å². The normalized spacial score (nSPS) is 9.60. The molecule has 0 bridgehead atoms. The summed E-state index contributed by atoms with van der Waals surface area (Å²) in [4.78, 5) is 0. The molecule has 15 heavy (non-hydrogen) atoms. The molecule has 4 heteroatoms. The minimum Gasteiger partial charge on any atom is -0.353 e. The summed E-state index contributed by atoms with van der Waals surface area (Å²) in [6.45, 7) is 0. The van der Waals surface area contributed by atoms with Gasteiger partial charge in [0, 0.05) is 10.8 Å². The number of hydrogen-bond donors (Lipinski definition) is 1. The molecule has 0 amide bonds. The highest BCUT2D eigenvalue weighted by Crippen LogP contribution is 2.28. The molecule has 0 spiro atoms. The number of benzene rings is 1. The van der Waals surface area contributed by atoms with Crippen molar-refractivity contribution in [2.24, 2.45) is 0 Å². The van der Waals surface area contributed by atoms with Crippen LogP contribution < -0.4 is 5.32 Å². The predicted molar refractivity (Wildman–Crippen MR) is 63.8 cm³/mol. The van der Waals surface area contributed by atoms with Crippen LogP contribution in [0, 0.1) is 11.3 Å². The Morgan fingerprint density at radius 3 is 2.73 bits per heavy atom. The van der Waals surface area contributed by atoms with Gasteiger partial charge in [0.25, 0.3) is 0 Å². The first-order chi connectivity index (χ1) is 7.31. The van der Waals surface area contributed by atoms with E-state index in [2.05, 4.69) is 11.4 Å². The summed E-state index contributed by atoms with van der Waals surface area (Å²) in [5.74, 6) is 0. The summed E-state index contributed by atoms with van der Waals surface area (Å²) in [7, 11) is 0. The minimum absolute atomic E-state index is 0.639. The molecule has 1 aromatic carbocycles. The molecule has 0 aliphatic rings. The van der Waals surface area contributed by atoms with Gasteiger partial charge in [-0.2, -0.15) is 5.26 Å². The fourth-order valence-electron chi connectivity index (χ4n) is 1.19. The van der Waals surface area contributed by atoms with E-state index in [-0.39, 0.29) is 0 Å². The zero-order valence-electron chi connectivity index (χ0n) is 7.70. The Hall–Kier alpha value is -1.50. The molecule has 0 saturated heterocycles. The van der Waals surface area contributed by atoms with Crippen molar-refractivity contribution in [3.8, 4) is 6.07 Å². The number of nitrogens with one attached hydrogen (secondary N) is 1. The Balaban J connectivity index is 2.31. The number of anilines is 2. The zero-order valence-corrected chi connectivity index (χ0v) is 9.27. The molecule has 0 unspecified atom stereocenters. The maximum absolute atomic E-state index is 8.84. The molecular weight excluding hydrogens is 228 g/mol. The number of thiophene rings is 1. The van der Waals surface area contributed by atoms with Gasteiger partial charge in [0.15, 0.2) is 0 Å². The van der Waals surface area contributed by atoms with Crippen LogP contribution in [0.4, 0.5) is 11.4 Å². The Morgan fingerprint density at radius 2 is 2.00 bits per heavy atom. The Morgan fingerprint density at radius 1 is 1.20 bits per heavy atom. The van der Waals surface area contributed by atoms with Crippen molar-refractivity contribution >= 4 is 34.3 Å². The van der Waals surface area contributed by atoms with E-state index in [9.17, 15) is 0 Å². The van der Waals surface area contributed by atoms with E-state index in [1.807, 2.05) is 29.6 Å². The van der Waals surface area contributed by atoms with Gasteiger partial charge in [-0.15, -0.1) is 11.3 Å². The third kappa shape index (κ3) is 2.12. The third-order valence-electron chi connectivity index (χ3n) is 1.93. The van der Waals surface area contributed by atoms with Crippen molar-refractivity contribution < 1.29 is 0 Å². The van der Waals surface area contributed by atoms with Crippen LogP contribution in [0.2, 0.25) is 5.02 Å². The monoisotopic (exact) mass is 234 g/mol. The van der Waals surface area contributed by atoms with E-state index < -0.39 is 0 Å². The van der Waals surface area contributed by atoms with Gasteiger partial charge in [-0.25, -0.2) is 0 Å². The van der Waals surface area contributed by atoms with Gasteiger partial charge in [-0.3, -0.25) is 0 Å².